The maximum Gasteiger partial charge on any atom is 0.255 e. The van der Waals surface area contributed by atoms with Crippen LogP contribution in [0, 0.1) is 6.92 Å². The normalized spacial score (nSPS) is 13.8. The molecule has 0 saturated carbocycles. The second-order valence-corrected chi connectivity index (χ2v) is 7.51. The third-order valence-corrected chi connectivity index (χ3v) is 5.39. The quantitative estimate of drug-likeness (QED) is 0.715. The number of hydrogen-bond donors (Lipinski definition) is 1. The van der Waals surface area contributed by atoms with Crippen LogP contribution in [0.4, 0.5) is 11.4 Å². The average Bonchev–Trinajstić information content (AvgIpc) is 2.80. The Bertz CT molecular complexity index is 1010. The van der Waals surface area contributed by atoms with E-state index < -0.39 is 0 Å². The molecule has 152 valence electrons. The van der Waals surface area contributed by atoms with Gasteiger partial charge in [-0.2, -0.15) is 0 Å². The fraction of sp³-hybridized carbons (Fsp3) is 0.200. The van der Waals surface area contributed by atoms with Crippen molar-refractivity contribution in [3.63, 3.8) is 0 Å². The lowest BCUT2D eigenvalue weighted by Gasteiger charge is -2.36. The molecule has 0 aromatic heterocycles. The molecule has 0 spiro atoms. The zero-order valence-corrected chi connectivity index (χ0v) is 17.0. The van der Waals surface area contributed by atoms with Gasteiger partial charge in [0.25, 0.3) is 11.8 Å². The van der Waals surface area contributed by atoms with Crippen molar-refractivity contribution < 1.29 is 9.59 Å². The molecule has 5 heteroatoms. The summed E-state index contributed by atoms with van der Waals surface area (Å²) in [6.45, 7) is 4.96. The number of anilines is 2. The largest absolute Gasteiger partial charge is 0.368 e. The standard InChI is InChI=1S/C25H25N3O2/c1-19-7-9-20(10-8-19)24(29)26-22-11-13-23(14-12-22)27-15-17-28(18-16-27)25(30)21-5-3-2-4-6-21/h2-14H,15-18H2,1H3,(H,26,29). The number of nitrogens with one attached hydrogen (secondary N) is 1. The van der Waals surface area contributed by atoms with Crippen molar-refractivity contribution >= 4 is 23.2 Å². The second-order valence-electron chi connectivity index (χ2n) is 7.51. The van der Waals surface area contributed by atoms with Crippen molar-refractivity contribution in [1.82, 2.24) is 4.90 Å². The molecule has 0 aliphatic carbocycles. The molecule has 1 aliphatic heterocycles. The maximum atomic E-state index is 12.6. The van der Waals surface area contributed by atoms with Gasteiger partial charge in [-0.25, -0.2) is 0 Å². The number of piperazine rings is 1. The van der Waals surface area contributed by atoms with Crippen molar-refractivity contribution in [1.29, 1.82) is 0 Å². The predicted octanol–water partition coefficient (Wildman–Crippen LogP) is 4.21. The van der Waals surface area contributed by atoms with Gasteiger partial charge >= 0.3 is 0 Å². The van der Waals surface area contributed by atoms with Gasteiger partial charge in [0.1, 0.15) is 0 Å². The Balaban J connectivity index is 1.33. The molecule has 5 nitrogen and oxygen atoms in total. The minimum Gasteiger partial charge on any atom is -0.368 e. The van der Waals surface area contributed by atoms with Crippen molar-refractivity contribution in [3.05, 3.63) is 95.6 Å². The van der Waals surface area contributed by atoms with Crippen LogP contribution in [0.15, 0.2) is 78.9 Å². The maximum absolute atomic E-state index is 12.6. The molecule has 1 N–H and O–H groups in total. The lowest BCUT2D eigenvalue weighted by atomic mass is 10.1. The smallest absolute Gasteiger partial charge is 0.255 e. The number of rotatable bonds is 4. The molecule has 1 saturated heterocycles. The van der Waals surface area contributed by atoms with E-state index in [1.807, 2.05) is 90.7 Å². The minimum atomic E-state index is -0.115. The molecule has 30 heavy (non-hydrogen) atoms. The summed E-state index contributed by atoms with van der Waals surface area (Å²) in [5.41, 5.74) is 4.36. The molecule has 1 fully saturated rings. The van der Waals surface area contributed by atoms with Crippen LogP contribution in [0.1, 0.15) is 26.3 Å². The van der Waals surface area contributed by atoms with Gasteiger partial charge in [-0.1, -0.05) is 35.9 Å². The Hall–Kier alpha value is -3.60. The van der Waals surface area contributed by atoms with Gasteiger partial charge in [0.2, 0.25) is 0 Å². The zero-order valence-electron chi connectivity index (χ0n) is 17.0. The molecule has 2 amide bonds. The van der Waals surface area contributed by atoms with E-state index in [1.165, 1.54) is 0 Å². The lowest BCUT2D eigenvalue weighted by molar-refractivity contribution is 0.0746. The highest BCUT2D eigenvalue weighted by atomic mass is 16.2. The Morgan fingerprint density at radius 1 is 0.733 bits per heavy atom. The third-order valence-electron chi connectivity index (χ3n) is 5.39. The molecule has 1 heterocycles. The number of aryl methyl sites for hydroxylation is 1. The first kappa shape index (κ1) is 19.7. The molecule has 3 aromatic carbocycles. The third kappa shape index (κ3) is 4.51. The van der Waals surface area contributed by atoms with E-state index in [4.69, 9.17) is 0 Å². The van der Waals surface area contributed by atoms with Crippen molar-refractivity contribution in [2.24, 2.45) is 0 Å². The SMILES string of the molecule is Cc1ccc(C(=O)Nc2ccc(N3CCN(C(=O)c4ccccc4)CC3)cc2)cc1. The fourth-order valence-electron chi connectivity index (χ4n) is 3.59. The highest BCUT2D eigenvalue weighted by Gasteiger charge is 2.22. The minimum absolute atomic E-state index is 0.0874. The number of nitrogens with zero attached hydrogens (tertiary/aromatic N) is 2. The number of hydrogen-bond acceptors (Lipinski definition) is 3. The molecular formula is C25H25N3O2. The summed E-state index contributed by atoms with van der Waals surface area (Å²) in [7, 11) is 0. The van der Waals surface area contributed by atoms with Crippen LogP contribution >= 0.6 is 0 Å². The first-order valence-electron chi connectivity index (χ1n) is 10.2. The Kier molecular flexibility index (Phi) is 5.80. The first-order valence-corrected chi connectivity index (χ1v) is 10.2. The van der Waals surface area contributed by atoms with E-state index in [0.29, 0.717) is 18.7 Å². The molecular weight excluding hydrogens is 374 g/mol. The molecule has 0 atom stereocenters. The van der Waals surface area contributed by atoms with Gasteiger partial charge in [0, 0.05) is 48.7 Å². The van der Waals surface area contributed by atoms with Gasteiger partial charge in [-0.15, -0.1) is 0 Å². The number of carbonyl (C=O) groups excluding carboxylic acids is 2. The molecule has 0 unspecified atom stereocenters. The van der Waals surface area contributed by atoms with Gasteiger partial charge < -0.3 is 15.1 Å². The highest BCUT2D eigenvalue weighted by molar-refractivity contribution is 6.04. The Morgan fingerprint density at radius 3 is 2.00 bits per heavy atom. The first-order chi connectivity index (χ1) is 14.6. The van der Waals surface area contributed by atoms with E-state index in [-0.39, 0.29) is 11.8 Å². The summed E-state index contributed by atoms with van der Waals surface area (Å²) in [6, 6.07) is 24.8. The Morgan fingerprint density at radius 2 is 1.37 bits per heavy atom. The van der Waals surface area contributed by atoms with Crippen LogP contribution in [0.5, 0.6) is 0 Å². The van der Waals surface area contributed by atoms with Gasteiger partial charge in [-0.05, 0) is 55.5 Å². The van der Waals surface area contributed by atoms with Crippen molar-refractivity contribution in [2.45, 2.75) is 6.92 Å². The average molecular weight is 399 g/mol. The van der Waals surface area contributed by atoms with Crippen LogP contribution < -0.4 is 10.2 Å². The monoisotopic (exact) mass is 399 g/mol. The van der Waals surface area contributed by atoms with Crippen LogP contribution in [-0.2, 0) is 0 Å². The van der Waals surface area contributed by atoms with Crippen molar-refractivity contribution in [2.75, 3.05) is 36.4 Å². The van der Waals surface area contributed by atoms with Crippen LogP contribution in [-0.4, -0.2) is 42.9 Å². The number of carbonyl (C=O) groups is 2. The van der Waals surface area contributed by atoms with E-state index >= 15 is 0 Å². The van der Waals surface area contributed by atoms with E-state index in [1.54, 1.807) is 0 Å². The summed E-state index contributed by atoms with van der Waals surface area (Å²) in [4.78, 5) is 29.1. The van der Waals surface area contributed by atoms with E-state index in [9.17, 15) is 9.59 Å². The summed E-state index contributed by atoms with van der Waals surface area (Å²) in [5.74, 6) is -0.0276. The summed E-state index contributed by atoms with van der Waals surface area (Å²) < 4.78 is 0. The fourth-order valence-corrected chi connectivity index (χ4v) is 3.59. The topological polar surface area (TPSA) is 52.7 Å². The molecule has 4 rings (SSSR count). The van der Waals surface area contributed by atoms with E-state index in [0.717, 1.165) is 35.6 Å². The molecule has 3 aromatic rings. The van der Waals surface area contributed by atoms with E-state index in [2.05, 4.69) is 10.2 Å². The molecule has 0 radical (unpaired) electrons. The number of benzene rings is 3. The summed E-state index contributed by atoms with van der Waals surface area (Å²) >= 11 is 0. The van der Waals surface area contributed by atoms with Gasteiger partial charge in [0.05, 0.1) is 0 Å². The lowest BCUT2D eigenvalue weighted by Crippen LogP contribution is -2.48. The zero-order chi connectivity index (χ0) is 20.9. The highest BCUT2D eigenvalue weighted by Crippen LogP contribution is 2.21. The molecule has 0 bridgehead atoms. The van der Waals surface area contributed by atoms with Crippen LogP contribution in [0.2, 0.25) is 0 Å². The molecule has 1 aliphatic rings. The number of amides is 2. The van der Waals surface area contributed by atoms with Gasteiger partial charge in [0.15, 0.2) is 0 Å². The summed E-state index contributed by atoms with van der Waals surface area (Å²) in [5, 5.41) is 2.94. The predicted molar refractivity (Wildman–Crippen MR) is 120 cm³/mol. The Labute approximate surface area is 176 Å². The van der Waals surface area contributed by atoms with Crippen molar-refractivity contribution in [3.8, 4) is 0 Å². The van der Waals surface area contributed by atoms with Gasteiger partial charge in [-0.3, -0.25) is 9.59 Å². The van der Waals surface area contributed by atoms with Crippen LogP contribution in [0.3, 0.4) is 0 Å². The second kappa shape index (κ2) is 8.82. The summed E-state index contributed by atoms with van der Waals surface area (Å²) in [6.07, 6.45) is 0. The van der Waals surface area contributed by atoms with Crippen LogP contribution in [0.25, 0.3) is 0 Å².